The lowest BCUT2D eigenvalue weighted by molar-refractivity contribution is 0.135. The quantitative estimate of drug-likeness (QED) is 0.535. The second-order valence-electron chi connectivity index (χ2n) is 1.33. The van der Waals surface area contributed by atoms with Gasteiger partial charge in [0, 0.05) is 6.07 Å². The molecule has 0 atom stereocenters. The minimum atomic E-state index is 0.465. The molecule has 1 aromatic heterocycles. The van der Waals surface area contributed by atoms with Crippen LogP contribution < -0.4 is 10.6 Å². The Bertz CT molecular complexity index is 172. The van der Waals surface area contributed by atoms with E-state index in [0.717, 1.165) is 0 Å². The predicted octanol–water partition coefficient (Wildman–Crippen LogP) is -0.476. The maximum absolute atomic E-state index is 5.24. The molecule has 4 heteroatoms. The molecule has 0 aromatic carbocycles. The van der Waals surface area contributed by atoms with E-state index in [-0.39, 0.29) is 0 Å². The number of anilines is 1. The Morgan fingerprint density at radius 3 is 2.88 bits per heavy atom. The minimum Gasteiger partial charge on any atom is -0.400 e. The summed E-state index contributed by atoms with van der Waals surface area (Å²) >= 11 is 0. The first-order valence-electron chi connectivity index (χ1n) is 2.18. The van der Waals surface area contributed by atoms with Crippen LogP contribution in [0, 0.1) is 0 Å². The first-order chi connectivity index (χ1) is 3.83. The topological polar surface area (TPSA) is 53.1 Å². The van der Waals surface area contributed by atoms with Crippen molar-refractivity contribution in [2.24, 2.45) is 0 Å². The number of nitrogens with two attached hydrogens (primary N) is 1. The summed E-state index contributed by atoms with van der Waals surface area (Å²) in [5.74, 6) is 0.465. The smallest absolute Gasteiger partial charge is 0.149 e. The van der Waals surface area contributed by atoms with Gasteiger partial charge in [-0.2, -0.15) is 0 Å². The van der Waals surface area contributed by atoms with Crippen molar-refractivity contribution in [3.63, 3.8) is 0 Å². The van der Waals surface area contributed by atoms with Crippen LogP contribution in [0.3, 0.4) is 0 Å². The third-order valence-corrected chi connectivity index (χ3v) is 0.774. The van der Waals surface area contributed by atoms with Gasteiger partial charge in [-0.1, -0.05) is 0 Å². The molecule has 0 aliphatic rings. The fourth-order valence-corrected chi connectivity index (χ4v) is 0.422. The molecule has 0 aliphatic carbocycles. The van der Waals surface area contributed by atoms with Crippen LogP contribution >= 0.6 is 0 Å². The Morgan fingerprint density at radius 1 is 1.88 bits per heavy atom. The summed E-state index contributed by atoms with van der Waals surface area (Å²) in [5.41, 5.74) is 5.24. The zero-order valence-corrected chi connectivity index (χ0v) is 4.53. The van der Waals surface area contributed by atoms with Gasteiger partial charge in [0.05, 0.1) is 6.20 Å². The van der Waals surface area contributed by atoms with Crippen LogP contribution in [0.2, 0.25) is 0 Å². The van der Waals surface area contributed by atoms with Gasteiger partial charge in [0.2, 0.25) is 0 Å². The molecule has 0 fully saturated rings. The van der Waals surface area contributed by atoms with Crippen LogP contribution in [-0.4, -0.2) is 17.1 Å². The second kappa shape index (κ2) is 1.73. The van der Waals surface area contributed by atoms with Gasteiger partial charge < -0.3 is 10.6 Å². The van der Waals surface area contributed by atoms with E-state index in [9.17, 15) is 0 Å². The Balaban J connectivity index is 2.84. The van der Waals surface area contributed by atoms with Crippen molar-refractivity contribution in [3.05, 3.63) is 12.3 Å². The first kappa shape index (κ1) is 4.96. The summed E-state index contributed by atoms with van der Waals surface area (Å²) in [6, 6.07) is 1.66. The predicted molar refractivity (Wildman–Crippen MR) is 29.1 cm³/mol. The van der Waals surface area contributed by atoms with Crippen molar-refractivity contribution in [2.45, 2.75) is 0 Å². The van der Waals surface area contributed by atoms with E-state index < -0.39 is 0 Å². The highest BCUT2D eigenvalue weighted by molar-refractivity contribution is 5.23. The van der Waals surface area contributed by atoms with E-state index in [1.165, 1.54) is 12.0 Å². The lowest BCUT2D eigenvalue weighted by atomic mass is 10.7. The second-order valence-corrected chi connectivity index (χ2v) is 1.33. The summed E-state index contributed by atoms with van der Waals surface area (Å²) in [6.45, 7) is 0. The SMILES string of the molecule is COn1ccc(N)n1. The molecule has 0 saturated carbocycles. The van der Waals surface area contributed by atoms with Gasteiger partial charge in [-0.25, -0.2) is 0 Å². The van der Waals surface area contributed by atoms with E-state index in [0.29, 0.717) is 5.82 Å². The van der Waals surface area contributed by atoms with Gasteiger partial charge in [0.15, 0.2) is 0 Å². The average Bonchev–Trinajstić information content (AvgIpc) is 2.14. The third kappa shape index (κ3) is 0.726. The summed E-state index contributed by atoms with van der Waals surface area (Å²) in [4.78, 5) is 5.95. The molecule has 1 aromatic rings. The Morgan fingerprint density at radius 2 is 2.62 bits per heavy atom. The lowest BCUT2D eigenvalue weighted by Crippen LogP contribution is -2.05. The fourth-order valence-electron chi connectivity index (χ4n) is 0.422. The number of hydrogen-bond donors (Lipinski definition) is 1. The molecule has 1 rings (SSSR count). The van der Waals surface area contributed by atoms with E-state index in [4.69, 9.17) is 5.73 Å². The molecular weight excluding hydrogens is 106 g/mol. The van der Waals surface area contributed by atoms with Gasteiger partial charge in [-0.15, -0.1) is 9.94 Å². The maximum Gasteiger partial charge on any atom is 0.149 e. The van der Waals surface area contributed by atoms with Crippen LogP contribution in [-0.2, 0) is 0 Å². The van der Waals surface area contributed by atoms with Crippen molar-refractivity contribution in [2.75, 3.05) is 12.8 Å². The molecule has 8 heavy (non-hydrogen) atoms. The van der Waals surface area contributed by atoms with Gasteiger partial charge in [-0.3, -0.25) is 0 Å². The van der Waals surface area contributed by atoms with Crippen LogP contribution in [0.1, 0.15) is 0 Å². The monoisotopic (exact) mass is 113 g/mol. The van der Waals surface area contributed by atoms with Gasteiger partial charge >= 0.3 is 0 Å². The zero-order chi connectivity index (χ0) is 5.98. The summed E-state index contributed by atoms with van der Waals surface area (Å²) in [5, 5.41) is 3.70. The zero-order valence-electron chi connectivity index (χ0n) is 4.53. The molecule has 0 spiro atoms. The van der Waals surface area contributed by atoms with Gasteiger partial charge in [0.25, 0.3) is 0 Å². The standard InChI is InChI=1S/C4H7N3O/c1-8-7-3-2-4(5)6-7/h2-3H,1H3,(H2,5,6). The summed E-state index contributed by atoms with van der Waals surface area (Å²) in [7, 11) is 1.52. The van der Waals surface area contributed by atoms with E-state index >= 15 is 0 Å². The van der Waals surface area contributed by atoms with Crippen molar-refractivity contribution in [3.8, 4) is 0 Å². The summed E-state index contributed by atoms with van der Waals surface area (Å²) < 4.78 is 0. The van der Waals surface area contributed by atoms with Gasteiger partial charge in [-0.05, 0) is 0 Å². The Hall–Kier alpha value is -1.19. The molecule has 0 bridgehead atoms. The van der Waals surface area contributed by atoms with Crippen molar-refractivity contribution in [1.82, 2.24) is 9.94 Å². The van der Waals surface area contributed by atoms with E-state index in [1.807, 2.05) is 0 Å². The van der Waals surface area contributed by atoms with Crippen LogP contribution in [0.15, 0.2) is 12.3 Å². The third-order valence-electron chi connectivity index (χ3n) is 0.774. The van der Waals surface area contributed by atoms with Crippen LogP contribution in [0.4, 0.5) is 5.82 Å². The number of hydrogen-bond acceptors (Lipinski definition) is 3. The molecule has 44 valence electrons. The van der Waals surface area contributed by atoms with Crippen LogP contribution in [0.25, 0.3) is 0 Å². The highest BCUT2D eigenvalue weighted by Crippen LogP contribution is 1.91. The molecule has 0 radical (unpaired) electrons. The number of aromatic nitrogens is 2. The molecule has 0 unspecified atom stereocenters. The van der Waals surface area contributed by atoms with Gasteiger partial charge in [0.1, 0.15) is 12.9 Å². The van der Waals surface area contributed by atoms with E-state index in [2.05, 4.69) is 9.94 Å². The average molecular weight is 113 g/mol. The van der Waals surface area contributed by atoms with Crippen molar-refractivity contribution >= 4 is 5.82 Å². The molecule has 1 heterocycles. The largest absolute Gasteiger partial charge is 0.400 e. The summed E-state index contributed by atoms with van der Waals surface area (Å²) in [6.07, 6.45) is 1.63. The van der Waals surface area contributed by atoms with Crippen molar-refractivity contribution in [1.29, 1.82) is 0 Å². The Labute approximate surface area is 46.8 Å². The molecular formula is C4H7N3O. The molecule has 0 saturated heterocycles. The normalized spacial score (nSPS) is 9.12. The number of nitrogen functional groups attached to an aromatic ring is 1. The fraction of sp³-hybridized carbons (Fsp3) is 0.250. The van der Waals surface area contributed by atoms with Crippen molar-refractivity contribution < 1.29 is 4.84 Å². The minimum absolute atomic E-state index is 0.465. The molecule has 4 nitrogen and oxygen atoms in total. The Kier molecular flexibility index (Phi) is 1.07. The maximum atomic E-state index is 5.24. The van der Waals surface area contributed by atoms with E-state index in [1.54, 1.807) is 12.3 Å². The molecule has 2 N–H and O–H groups in total. The highest BCUT2D eigenvalue weighted by Gasteiger charge is 1.87. The highest BCUT2D eigenvalue weighted by atomic mass is 16.7. The number of nitrogens with zero attached hydrogens (tertiary/aromatic N) is 2. The van der Waals surface area contributed by atoms with Crippen LogP contribution in [0.5, 0.6) is 0 Å². The molecule has 0 aliphatic heterocycles. The molecule has 0 amide bonds. The lowest BCUT2D eigenvalue weighted by Gasteiger charge is -1.92. The first-order valence-corrected chi connectivity index (χ1v) is 2.18. The number of rotatable bonds is 1.